The van der Waals surface area contributed by atoms with Gasteiger partial charge in [0.1, 0.15) is 5.82 Å². The molecule has 3 aromatic rings. The van der Waals surface area contributed by atoms with E-state index in [-0.39, 0.29) is 5.56 Å². The Bertz CT molecular complexity index is 801. The molecule has 0 aliphatic carbocycles. The summed E-state index contributed by atoms with van der Waals surface area (Å²) in [6.45, 7) is 3.88. The third kappa shape index (κ3) is 1.93. The van der Waals surface area contributed by atoms with Crippen molar-refractivity contribution in [3.8, 4) is 5.69 Å². The van der Waals surface area contributed by atoms with E-state index in [2.05, 4.69) is 4.98 Å². The summed E-state index contributed by atoms with van der Waals surface area (Å²) < 4.78 is 1.65. The molecule has 0 atom stereocenters. The van der Waals surface area contributed by atoms with Gasteiger partial charge >= 0.3 is 0 Å². The Balaban J connectivity index is 2.35. The highest BCUT2D eigenvalue weighted by Gasteiger charge is 2.08. The molecule has 0 radical (unpaired) electrons. The molecule has 3 rings (SSSR count). The number of hydrogen-bond acceptors (Lipinski definition) is 2. The first-order valence-electron chi connectivity index (χ1n) is 6.22. The second-order valence-electron chi connectivity index (χ2n) is 4.65. The van der Waals surface area contributed by atoms with E-state index >= 15 is 0 Å². The summed E-state index contributed by atoms with van der Waals surface area (Å²) in [6, 6.07) is 15.3. The van der Waals surface area contributed by atoms with Crippen LogP contribution in [0.5, 0.6) is 0 Å². The summed E-state index contributed by atoms with van der Waals surface area (Å²) >= 11 is 0. The Hall–Kier alpha value is -2.42. The van der Waals surface area contributed by atoms with E-state index < -0.39 is 0 Å². The largest absolute Gasteiger partial charge is 0.268 e. The fraction of sp³-hybridized carbons (Fsp3) is 0.125. The maximum Gasteiger partial charge on any atom is 0.265 e. The Kier molecular flexibility index (Phi) is 2.67. The molecule has 1 aromatic heterocycles. The molecule has 0 bridgehead atoms. The summed E-state index contributed by atoms with van der Waals surface area (Å²) in [5, 5.41) is 0.647. The van der Waals surface area contributed by atoms with E-state index in [4.69, 9.17) is 0 Å². The van der Waals surface area contributed by atoms with Crippen molar-refractivity contribution in [1.29, 1.82) is 0 Å². The highest BCUT2D eigenvalue weighted by atomic mass is 16.1. The predicted molar refractivity (Wildman–Crippen MR) is 76.8 cm³/mol. The van der Waals surface area contributed by atoms with E-state index in [9.17, 15) is 4.79 Å². The van der Waals surface area contributed by atoms with Gasteiger partial charge in [-0.2, -0.15) is 0 Å². The van der Waals surface area contributed by atoms with Crippen molar-refractivity contribution in [2.75, 3.05) is 0 Å². The zero-order valence-corrected chi connectivity index (χ0v) is 10.9. The van der Waals surface area contributed by atoms with Crippen LogP contribution in [0.2, 0.25) is 0 Å². The maximum atomic E-state index is 12.6. The second-order valence-corrected chi connectivity index (χ2v) is 4.65. The SMILES string of the molecule is Cc1ccc(-n2c(C)nc3ccccc3c2=O)cc1. The van der Waals surface area contributed by atoms with Crippen LogP contribution >= 0.6 is 0 Å². The minimum atomic E-state index is -0.0213. The molecule has 19 heavy (non-hydrogen) atoms. The number of aryl methyl sites for hydroxylation is 2. The summed E-state index contributed by atoms with van der Waals surface area (Å²) in [5.74, 6) is 0.701. The third-order valence-electron chi connectivity index (χ3n) is 3.24. The number of para-hydroxylation sites is 1. The summed E-state index contributed by atoms with van der Waals surface area (Å²) in [7, 11) is 0. The highest BCUT2D eigenvalue weighted by Crippen LogP contribution is 2.12. The molecule has 0 saturated heterocycles. The van der Waals surface area contributed by atoms with E-state index in [1.165, 1.54) is 5.56 Å². The van der Waals surface area contributed by atoms with E-state index in [0.717, 1.165) is 11.2 Å². The van der Waals surface area contributed by atoms with Gasteiger partial charge in [0.25, 0.3) is 5.56 Å². The number of rotatable bonds is 1. The molecule has 3 nitrogen and oxygen atoms in total. The number of aromatic nitrogens is 2. The quantitative estimate of drug-likeness (QED) is 0.665. The lowest BCUT2D eigenvalue weighted by molar-refractivity contribution is 0.894. The Morgan fingerprint density at radius 1 is 0.947 bits per heavy atom. The molecule has 0 N–H and O–H groups in total. The van der Waals surface area contributed by atoms with Crippen molar-refractivity contribution in [2.45, 2.75) is 13.8 Å². The second kappa shape index (κ2) is 4.35. The van der Waals surface area contributed by atoms with Gasteiger partial charge in [-0.15, -0.1) is 0 Å². The third-order valence-corrected chi connectivity index (χ3v) is 3.24. The molecule has 0 aliphatic rings. The van der Waals surface area contributed by atoms with Crippen LogP contribution in [-0.2, 0) is 0 Å². The Morgan fingerprint density at radius 2 is 1.63 bits per heavy atom. The summed E-state index contributed by atoms with van der Waals surface area (Å²) in [5.41, 5.74) is 2.75. The van der Waals surface area contributed by atoms with E-state index in [1.807, 2.05) is 62.4 Å². The molecule has 0 unspecified atom stereocenters. The Labute approximate surface area is 111 Å². The lowest BCUT2D eigenvalue weighted by Gasteiger charge is -2.10. The monoisotopic (exact) mass is 250 g/mol. The molecule has 0 amide bonds. The number of fused-ring (bicyclic) bond motifs is 1. The number of benzene rings is 2. The minimum Gasteiger partial charge on any atom is -0.268 e. The molecule has 0 fully saturated rings. The van der Waals surface area contributed by atoms with E-state index in [1.54, 1.807) is 4.57 Å². The zero-order valence-electron chi connectivity index (χ0n) is 10.9. The fourth-order valence-corrected chi connectivity index (χ4v) is 2.24. The van der Waals surface area contributed by atoms with E-state index in [0.29, 0.717) is 11.2 Å². The molecule has 2 aromatic carbocycles. The zero-order chi connectivity index (χ0) is 13.4. The number of nitrogens with zero attached hydrogens (tertiary/aromatic N) is 2. The van der Waals surface area contributed by atoms with Gasteiger partial charge in [-0.3, -0.25) is 9.36 Å². The van der Waals surface area contributed by atoms with Gasteiger partial charge in [0.2, 0.25) is 0 Å². The van der Waals surface area contributed by atoms with Crippen LogP contribution in [0.15, 0.2) is 53.3 Å². The highest BCUT2D eigenvalue weighted by molar-refractivity contribution is 5.77. The average molecular weight is 250 g/mol. The average Bonchev–Trinajstić information content (AvgIpc) is 2.41. The topological polar surface area (TPSA) is 34.9 Å². The molecule has 0 saturated carbocycles. The predicted octanol–water partition coefficient (Wildman–Crippen LogP) is 3.00. The van der Waals surface area contributed by atoms with Crippen LogP contribution in [0, 0.1) is 13.8 Å². The van der Waals surface area contributed by atoms with Crippen molar-refractivity contribution in [1.82, 2.24) is 9.55 Å². The first-order valence-corrected chi connectivity index (χ1v) is 6.22. The van der Waals surface area contributed by atoms with Gasteiger partial charge in [-0.25, -0.2) is 4.98 Å². The van der Waals surface area contributed by atoms with Crippen LogP contribution in [0.3, 0.4) is 0 Å². The van der Waals surface area contributed by atoms with Crippen molar-refractivity contribution >= 4 is 10.9 Å². The van der Waals surface area contributed by atoms with Gasteiger partial charge in [-0.1, -0.05) is 29.8 Å². The number of hydrogen-bond donors (Lipinski definition) is 0. The van der Waals surface area contributed by atoms with Crippen LogP contribution in [-0.4, -0.2) is 9.55 Å². The van der Waals surface area contributed by atoms with Crippen molar-refractivity contribution in [3.05, 3.63) is 70.3 Å². The molecule has 1 heterocycles. The van der Waals surface area contributed by atoms with Gasteiger partial charge in [0, 0.05) is 0 Å². The van der Waals surface area contributed by atoms with Crippen LogP contribution < -0.4 is 5.56 Å². The molecule has 0 spiro atoms. The smallest absolute Gasteiger partial charge is 0.265 e. The summed E-state index contributed by atoms with van der Waals surface area (Å²) in [6.07, 6.45) is 0. The summed E-state index contributed by atoms with van der Waals surface area (Å²) in [4.78, 5) is 17.1. The Morgan fingerprint density at radius 3 is 2.37 bits per heavy atom. The lowest BCUT2D eigenvalue weighted by atomic mass is 10.2. The van der Waals surface area contributed by atoms with Gasteiger partial charge in [-0.05, 0) is 38.1 Å². The molecular formula is C16H14N2O. The van der Waals surface area contributed by atoms with Crippen LogP contribution in [0.4, 0.5) is 0 Å². The van der Waals surface area contributed by atoms with Crippen molar-refractivity contribution in [3.63, 3.8) is 0 Å². The van der Waals surface area contributed by atoms with Gasteiger partial charge < -0.3 is 0 Å². The molecule has 94 valence electrons. The maximum absolute atomic E-state index is 12.6. The fourth-order valence-electron chi connectivity index (χ4n) is 2.24. The molecule has 0 aliphatic heterocycles. The van der Waals surface area contributed by atoms with Crippen molar-refractivity contribution < 1.29 is 0 Å². The van der Waals surface area contributed by atoms with Gasteiger partial charge in [0.05, 0.1) is 16.6 Å². The van der Waals surface area contributed by atoms with Crippen LogP contribution in [0.1, 0.15) is 11.4 Å². The molecule has 3 heteroatoms. The normalized spacial score (nSPS) is 10.8. The minimum absolute atomic E-state index is 0.0213. The molecular weight excluding hydrogens is 236 g/mol. The lowest BCUT2D eigenvalue weighted by Crippen LogP contribution is -2.22. The first kappa shape index (κ1) is 11.7. The first-order chi connectivity index (χ1) is 9.16. The van der Waals surface area contributed by atoms with Crippen molar-refractivity contribution in [2.24, 2.45) is 0 Å². The van der Waals surface area contributed by atoms with Crippen LogP contribution in [0.25, 0.3) is 16.6 Å². The van der Waals surface area contributed by atoms with Gasteiger partial charge in [0.15, 0.2) is 0 Å². The standard InChI is InChI=1S/C16H14N2O/c1-11-7-9-13(10-8-11)18-12(2)17-15-6-4-3-5-14(15)16(18)19/h3-10H,1-2H3.